The number of rotatable bonds is 3. The fraction of sp³-hybridized carbons (Fsp3) is 0.118. The average Bonchev–Trinajstić information content (AvgIpc) is 3.03. The van der Waals surface area contributed by atoms with E-state index >= 15 is 0 Å². The Hall–Kier alpha value is -0.930. The molecule has 1 fully saturated rings. The van der Waals surface area contributed by atoms with E-state index in [0.717, 1.165) is 0 Å². The second-order valence-electron chi connectivity index (χ2n) is 5.21. The van der Waals surface area contributed by atoms with Crippen LogP contribution in [0.25, 0.3) is 0 Å². The molecule has 22 heavy (non-hydrogen) atoms. The molecule has 3 nitrogen and oxygen atoms in total. The lowest BCUT2D eigenvalue weighted by atomic mass is 9.90. The van der Waals surface area contributed by atoms with Gasteiger partial charge in [-0.3, -0.25) is 0 Å². The van der Waals surface area contributed by atoms with Gasteiger partial charge in [-0.2, -0.15) is 0 Å². The van der Waals surface area contributed by atoms with Crippen LogP contribution in [0.4, 0.5) is 0 Å². The van der Waals surface area contributed by atoms with Crippen molar-refractivity contribution in [2.24, 2.45) is 0 Å². The zero-order chi connectivity index (χ0) is 15.2. The molecule has 0 saturated carbocycles. The highest BCUT2D eigenvalue weighted by molar-refractivity contribution is 14.1. The molecular weight excluding hydrogens is 502 g/mol. The van der Waals surface area contributed by atoms with Crippen molar-refractivity contribution in [3.05, 3.63) is 85.5 Å². The lowest BCUT2D eigenvalue weighted by molar-refractivity contribution is 0.303. The third-order valence-corrected chi connectivity index (χ3v) is 5.48. The highest BCUT2D eigenvalue weighted by Gasteiger charge is 2.61. The first-order valence-electron chi connectivity index (χ1n) is 6.88. The zero-order valence-corrected chi connectivity index (χ0v) is 15.8. The molecule has 5 heteroatoms. The monoisotopic (exact) mass is 514 g/mol. The molecule has 0 radical (unpaired) electrons. The van der Waals surface area contributed by atoms with Crippen molar-refractivity contribution in [3.63, 3.8) is 0 Å². The highest BCUT2D eigenvalue weighted by Crippen LogP contribution is 2.59. The average molecular weight is 514 g/mol. The number of halogens is 2. The van der Waals surface area contributed by atoms with E-state index in [4.69, 9.17) is 4.74 Å². The van der Waals surface area contributed by atoms with Gasteiger partial charge in [-0.05, 0) is 62.9 Å². The minimum absolute atomic E-state index is 0.0500. The number of hydrogen-bond donors (Lipinski definition) is 0. The summed E-state index contributed by atoms with van der Waals surface area (Å²) in [5.74, 6) is 0. The van der Waals surface area contributed by atoms with Crippen LogP contribution in [0.5, 0.6) is 0 Å². The Bertz CT molecular complexity index is 805. The van der Waals surface area contributed by atoms with Crippen LogP contribution in [-0.4, -0.2) is 9.55 Å². The van der Waals surface area contributed by atoms with Crippen LogP contribution < -0.4 is 0 Å². The van der Waals surface area contributed by atoms with Gasteiger partial charge in [-0.1, -0.05) is 36.4 Å². The van der Waals surface area contributed by atoms with Crippen LogP contribution in [0.1, 0.15) is 17.4 Å². The van der Waals surface area contributed by atoms with E-state index in [1.165, 1.54) is 18.3 Å². The highest BCUT2D eigenvalue weighted by atomic mass is 127. The second kappa shape index (κ2) is 5.61. The first-order valence-corrected chi connectivity index (χ1v) is 9.04. The molecule has 0 spiro atoms. The summed E-state index contributed by atoms with van der Waals surface area (Å²) in [5, 5.41) is 0. The van der Waals surface area contributed by atoms with Gasteiger partial charge in [-0.15, -0.1) is 0 Å². The minimum Gasteiger partial charge on any atom is -0.333 e. The van der Waals surface area contributed by atoms with Crippen molar-refractivity contribution in [1.82, 2.24) is 9.55 Å². The number of aromatic nitrogens is 2. The molecule has 1 aromatic heterocycles. The van der Waals surface area contributed by atoms with Crippen molar-refractivity contribution >= 4 is 45.2 Å². The first-order chi connectivity index (χ1) is 10.7. The van der Waals surface area contributed by atoms with E-state index < -0.39 is 5.60 Å². The fourth-order valence-corrected chi connectivity index (χ4v) is 4.86. The van der Waals surface area contributed by atoms with Crippen LogP contribution in [-0.2, 0) is 10.3 Å². The van der Waals surface area contributed by atoms with Gasteiger partial charge in [0.15, 0.2) is 11.8 Å². The van der Waals surface area contributed by atoms with E-state index in [2.05, 4.69) is 92.6 Å². The smallest absolute Gasteiger partial charge is 0.174 e. The standard InChI is InChI=1S/C17H12I2N2O/c18-13-6-7-14(15(19)10-13)17(12-4-2-1-3-5-12)16(22-17)21-9-8-20-11-21/h1-11,16H. The Labute approximate surface area is 156 Å². The van der Waals surface area contributed by atoms with Gasteiger partial charge in [-0.25, -0.2) is 4.98 Å². The number of ether oxygens (including phenoxy) is 1. The molecule has 0 amide bonds. The molecular formula is C17H12I2N2O. The maximum atomic E-state index is 6.26. The van der Waals surface area contributed by atoms with Gasteiger partial charge in [0, 0.05) is 25.1 Å². The SMILES string of the molecule is Ic1ccc(C2(c3ccccc3)OC2n2ccnc2)c(I)c1. The van der Waals surface area contributed by atoms with E-state index in [0.29, 0.717) is 0 Å². The maximum Gasteiger partial charge on any atom is 0.174 e. The molecule has 110 valence electrons. The van der Waals surface area contributed by atoms with E-state index in [-0.39, 0.29) is 6.23 Å². The Balaban J connectivity index is 1.88. The van der Waals surface area contributed by atoms with Gasteiger partial charge in [0.05, 0.1) is 6.33 Å². The lowest BCUT2D eigenvalue weighted by Gasteiger charge is -2.16. The summed E-state index contributed by atoms with van der Waals surface area (Å²) in [5.41, 5.74) is 1.95. The minimum atomic E-state index is -0.428. The normalized spacial score (nSPS) is 23.5. The number of hydrogen-bond acceptors (Lipinski definition) is 2. The molecule has 2 aromatic carbocycles. The van der Waals surface area contributed by atoms with Crippen molar-refractivity contribution in [1.29, 1.82) is 0 Å². The van der Waals surface area contributed by atoms with Crippen molar-refractivity contribution in [2.75, 3.05) is 0 Å². The van der Waals surface area contributed by atoms with Gasteiger partial charge >= 0.3 is 0 Å². The summed E-state index contributed by atoms with van der Waals surface area (Å²) in [6.45, 7) is 0. The predicted octanol–water partition coefficient (Wildman–Crippen LogP) is 4.56. The van der Waals surface area contributed by atoms with Gasteiger partial charge in [0.25, 0.3) is 0 Å². The van der Waals surface area contributed by atoms with E-state index in [1.54, 1.807) is 6.20 Å². The Morgan fingerprint density at radius 3 is 2.59 bits per heavy atom. The van der Waals surface area contributed by atoms with Crippen LogP contribution in [0.3, 0.4) is 0 Å². The molecule has 2 atom stereocenters. The quantitative estimate of drug-likeness (QED) is 0.379. The third-order valence-electron chi connectivity index (χ3n) is 3.92. The summed E-state index contributed by atoms with van der Waals surface area (Å²) in [4.78, 5) is 4.15. The Morgan fingerprint density at radius 2 is 1.91 bits per heavy atom. The lowest BCUT2D eigenvalue weighted by Crippen LogP contribution is -2.16. The van der Waals surface area contributed by atoms with Crippen LogP contribution in [0.2, 0.25) is 0 Å². The number of nitrogens with zero attached hydrogens (tertiary/aromatic N) is 2. The van der Waals surface area contributed by atoms with Gasteiger partial charge in [0.2, 0.25) is 0 Å². The maximum absolute atomic E-state index is 6.26. The van der Waals surface area contributed by atoms with Crippen molar-refractivity contribution < 1.29 is 4.74 Å². The molecule has 1 saturated heterocycles. The fourth-order valence-electron chi connectivity index (χ4n) is 2.86. The summed E-state index contributed by atoms with van der Waals surface area (Å²) in [7, 11) is 0. The number of benzene rings is 2. The molecule has 0 N–H and O–H groups in total. The molecule has 1 aliphatic heterocycles. The van der Waals surface area contributed by atoms with Crippen LogP contribution in [0.15, 0.2) is 67.3 Å². The van der Waals surface area contributed by atoms with Gasteiger partial charge in [0.1, 0.15) is 0 Å². The number of epoxide rings is 1. The largest absolute Gasteiger partial charge is 0.333 e. The van der Waals surface area contributed by atoms with Crippen molar-refractivity contribution in [2.45, 2.75) is 11.8 Å². The Kier molecular flexibility index (Phi) is 3.74. The predicted molar refractivity (Wildman–Crippen MR) is 101 cm³/mol. The summed E-state index contributed by atoms with van der Waals surface area (Å²) < 4.78 is 10.7. The summed E-state index contributed by atoms with van der Waals surface area (Å²) in [6.07, 6.45) is 5.51. The molecule has 4 rings (SSSR count). The zero-order valence-electron chi connectivity index (χ0n) is 11.5. The second-order valence-corrected chi connectivity index (χ2v) is 7.61. The number of imidazole rings is 1. The third kappa shape index (κ3) is 2.30. The molecule has 1 aliphatic rings. The van der Waals surface area contributed by atoms with Crippen LogP contribution >= 0.6 is 45.2 Å². The Morgan fingerprint density at radius 1 is 1.09 bits per heavy atom. The first kappa shape index (κ1) is 14.6. The molecule has 3 aromatic rings. The summed E-state index contributed by atoms with van der Waals surface area (Å²) in [6, 6.07) is 16.9. The molecule has 2 unspecified atom stereocenters. The van der Waals surface area contributed by atoms with Crippen molar-refractivity contribution in [3.8, 4) is 0 Å². The molecule has 2 heterocycles. The summed E-state index contributed by atoms with van der Waals surface area (Å²) >= 11 is 4.74. The molecule has 0 bridgehead atoms. The van der Waals surface area contributed by atoms with E-state index in [9.17, 15) is 0 Å². The molecule has 0 aliphatic carbocycles. The van der Waals surface area contributed by atoms with E-state index in [1.807, 2.05) is 23.2 Å². The van der Waals surface area contributed by atoms with Crippen LogP contribution in [0, 0.1) is 7.14 Å². The topological polar surface area (TPSA) is 30.4 Å². The van der Waals surface area contributed by atoms with Gasteiger partial charge < -0.3 is 9.30 Å².